The molecule has 29 heavy (non-hydrogen) atoms. The smallest absolute Gasteiger partial charge is 0.184 e. The maximum Gasteiger partial charge on any atom is 0.184 e. The molecule has 0 aliphatic heterocycles. The van der Waals surface area contributed by atoms with E-state index in [1.807, 2.05) is 29.0 Å². The molecule has 6 heteroatoms. The predicted molar refractivity (Wildman–Crippen MR) is 113 cm³/mol. The van der Waals surface area contributed by atoms with Gasteiger partial charge in [0.05, 0.1) is 0 Å². The zero-order valence-corrected chi connectivity index (χ0v) is 16.5. The minimum absolute atomic E-state index is 0.516. The Bertz CT molecular complexity index is 1240. The van der Waals surface area contributed by atoms with Crippen molar-refractivity contribution in [2.75, 3.05) is 5.32 Å². The molecule has 3 bridgehead atoms. The largest absolute Gasteiger partial charge is 0.365 e. The summed E-state index contributed by atoms with van der Waals surface area (Å²) >= 11 is 0. The van der Waals surface area contributed by atoms with Crippen LogP contribution in [0.15, 0.2) is 42.9 Å². The third-order valence-electron chi connectivity index (χ3n) is 8.27. The summed E-state index contributed by atoms with van der Waals surface area (Å²) in [7, 11) is 0. The molecule has 4 aromatic heterocycles. The van der Waals surface area contributed by atoms with Gasteiger partial charge in [0.25, 0.3) is 0 Å². The van der Waals surface area contributed by atoms with E-state index in [1.165, 1.54) is 25.7 Å². The molecule has 4 heterocycles. The van der Waals surface area contributed by atoms with Gasteiger partial charge in [-0.15, -0.1) is 5.10 Å². The molecule has 6 aliphatic rings. The molecule has 10 rings (SSSR count). The van der Waals surface area contributed by atoms with Crippen molar-refractivity contribution >= 4 is 22.4 Å². The summed E-state index contributed by atoms with van der Waals surface area (Å²) in [5, 5.41) is 9.74. The van der Waals surface area contributed by atoms with Gasteiger partial charge in [0.2, 0.25) is 0 Å². The van der Waals surface area contributed by atoms with Crippen molar-refractivity contribution in [3.63, 3.8) is 0 Å². The first-order chi connectivity index (χ1) is 14.2. The number of nitrogens with zero attached hydrogens (tertiary/aromatic N) is 4. The molecule has 6 fully saturated rings. The van der Waals surface area contributed by atoms with Gasteiger partial charge in [0.15, 0.2) is 11.6 Å². The van der Waals surface area contributed by atoms with Gasteiger partial charge in [-0.2, -0.15) is 0 Å². The van der Waals surface area contributed by atoms with Crippen molar-refractivity contribution in [1.29, 1.82) is 0 Å². The van der Waals surface area contributed by atoms with E-state index in [2.05, 4.69) is 34.3 Å². The van der Waals surface area contributed by atoms with E-state index in [-0.39, 0.29) is 0 Å². The van der Waals surface area contributed by atoms with Crippen molar-refractivity contribution in [3.05, 3.63) is 42.9 Å². The minimum Gasteiger partial charge on any atom is -0.365 e. The highest BCUT2D eigenvalue weighted by Crippen LogP contribution is 2.68. The van der Waals surface area contributed by atoms with Crippen LogP contribution < -0.4 is 5.32 Å². The summed E-state index contributed by atoms with van der Waals surface area (Å²) in [5.74, 6) is 4.09. The van der Waals surface area contributed by atoms with Gasteiger partial charge in [0, 0.05) is 35.6 Å². The average molecular weight is 384 g/mol. The number of rotatable bonds is 3. The highest BCUT2D eigenvalue weighted by molar-refractivity contribution is 5.91. The topological polar surface area (TPSA) is 70.9 Å². The Morgan fingerprint density at radius 3 is 3.00 bits per heavy atom. The first kappa shape index (κ1) is 16.0. The molecule has 0 aromatic carbocycles. The van der Waals surface area contributed by atoms with Gasteiger partial charge in [-0.25, -0.2) is 14.5 Å². The SMILES string of the molecule is C[C@@H]1[C@@H](Nc2nc(-c3c[nH]c4ncccc34)nn3cccc23)[C@@H]2CC[C@]13C[C@H]2C3. The highest BCUT2D eigenvalue weighted by Gasteiger charge is 2.63. The lowest BCUT2D eigenvalue weighted by atomic mass is 9.38. The molecule has 3 atom stereocenters. The van der Waals surface area contributed by atoms with Gasteiger partial charge in [0.1, 0.15) is 11.2 Å². The van der Waals surface area contributed by atoms with Crippen LogP contribution in [0.1, 0.15) is 32.6 Å². The summed E-state index contributed by atoms with van der Waals surface area (Å²) in [5.41, 5.74) is 3.50. The van der Waals surface area contributed by atoms with Gasteiger partial charge < -0.3 is 10.3 Å². The van der Waals surface area contributed by atoms with Gasteiger partial charge in [-0.05, 0) is 73.1 Å². The molecule has 0 unspecified atom stereocenters. The van der Waals surface area contributed by atoms with Crippen molar-refractivity contribution in [1.82, 2.24) is 24.6 Å². The summed E-state index contributed by atoms with van der Waals surface area (Å²) in [6.45, 7) is 2.46. The Morgan fingerprint density at radius 1 is 1.24 bits per heavy atom. The van der Waals surface area contributed by atoms with E-state index in [9.17, 15) is 0 Å². The zero-order valence-electron chi connectivity index (χ0n) is 16.5. The second-order valence-corrected chi connectivity index (χ2v) is 9.42. The van der Waals surface area contributed by atoms with E-state index < -0.39 is 0 Å². The summed E-state index contributed by atoms with van der Waals surface area (Å²) in [6, 6.07) is 8.69. The van der Waals surface area contributed by atoms with Crippen LogP contribution in [0, 0.1) is 23.2 Å². The maximum absolute atomic E-state index is 5.02. The van der Waals surface area contributed by atoms with Crippen molar-refractivity contribution in [2.24, 2.45) is 23.2 Å². The van der Waals surface area contributed by atoms with Crippen molar-refractivity contribution in [2.45, 2.75) is 38.6 Å². The molecule has 6 aliphatic carbocycles. The maximum atomic E-state index is 5.02. The van der Waals surface area contributed by atoms with E-state index in [4.69, 9.17) is 10.1 Å². The molecule has 0 amide bonds. The number of pyridine rings is 1. The third kappa shape index (κ3) is 2.04. The highest BCUT2D eigenvalue weighted by atomic mass is 15.3. The molecule has 0 radical (unpaired) electrons. The predicted octanol–water partition coefficient (Wildman–Crippen LogP) is 4.51. The Labute approximate surface area is 168 Å². The first-order valence-electron chi connectivity index (χ1n) is 10.8. The number of fused-ring (bicyclic) bond motifs is 2. The lowest BCUT2D eigenvalue weighted by molar-refractivity contribution is -0.157. The molecular formula is C23H24N6. The van der Waals surface area contributed by atoms with Crippen molar-refractivity contribution < 1.29 is 0 Å². The standard InChI is InChI=1S/C23H24N6/c1-13-19(15-6-7-23(13)10-14(15)11-23)26-22-18-5-3-9-29(18)28-21(27-22)17-12-25-20-16(17)4-2-8-24-20/h2-5,8-9,12-15,19H,6-7,10-11H2,1H3,(H,24,25)(H,26,27,28)/t13-,14-,15-,19-,23+/m1/s1. The second-order valence-electron chi connectivity index (χ2n) is 9.42. The van der Waals surface area contributed by atoms with E-state index in [0.29, 0.717) is 17.4 Å². The molecule has 2 N–H and O–H groups in total. The third-order valence-corrected chi connectivity index (χ3v) is 8.27. The fourth-order valence-electron chi connectivity index (χ4n) is 6.69. The first-order valence-corrected chi connectivity index (χ1v) is 10.8. The quantitative estimate of drug-likeness (QED) is 0.545. The number of hydrogen-bond acceptors (Lipinski definition) is 4. The van der Waals surface area contributed by atoms with E-state index >= 15 is 0 Å². The zero-order chi connectivity index (χ0) is 19.2. The number of nitrogens with one attached hydrogen (secondary N) is 2. The van der Waals surface area contributed by atoms with Gasteiger partial charge >= 0.3 is 0 Å². The number of aromatic nitrogens is 5. The van der Waals surface area contributed by atoms with Crippen LogP contribution in [0.25, 0.3) is 27.9 Å². The molecule has 1 spiro atoms. The van der Waals surface area contributed by atoms with Crippen LogP contribution in [0.5, 0.6) is 0 Å². The molecule has 6 saturated carbocycles. The lowest BCUT2D eigenvalue weighted by Crippen LogP contribution is -2.64. The van der Waals surface area contributed by atoms with Gasteiger partial charge in [-0.3, -0.25) is 0 Å². The Hall–Kier alpha value is -2.89. The number of hydrogen-bond donors (Lipinski definition) is 2. The molecule has 4 aromatic rings. The van der Waals surface area contributed by atoms with Gasteiger partial charge in [-0.1, -0.05) is 6.92 Å². The monoisotopic (exact) mass is 384 g/mol. The van der Waals surface area contributed by atoms with E-state index in [1.54, 1.807) is 6.20 Å². The average Bonchev–Trinajstić information content (AvgIpc) is 3.36. The van der Waals surface area contributed by atoms with Crippen LogP contribution in [0.4, 0.5) is 5.82 Å². The summed E-state index contributed by atoms with van der Waals surface area (Å²) in [4.78, 5) is 12.7. The Kier molecular flexibility index (Phi) is 2.96. The van der Waals surface area contributed by atoms with Crippen LogP contribution in [0.2, 0.25) is 0 Å². The molecular weight excluding hydrogens is 360 g/mol. The molecule has 146 valence electrons. The number of aromatic amines is 1. The van der Waals surface area contributed by atoms with Crippen molar-refractivity contribution in [3.8, 4) is 11.4 Å². The minimum atomic E-state index is 0.516. The number of anilines is 1. The normalized spacial score (nSPS) is 32.6. The lowest BCUT2D eigenvalue weighted by Gasteiger charge is -2.68. The number of H-pyrrole nitrogens is 1. The second kappa shape index (κ2) is 5.38. The Morgan fingerprint density at radius 2 is 2.17 bits per heavy atom. The molecule has 6 nitrogen and oxygen atoms in total. The fourth-order valence-corrected chi connectivity index (χ4v) is 6.69. The Balaban J connectivity index is 1.34. The fraction of sp³-hybridized carbons (Fsp3) is 0.435. The summed E-state index contributed by atoms with van der Waals surface area (Å²) in [6.07, 6.45) is 11.5. The van der Waals surface area contributed by atoms with Crippen LogP contribution in [-0.2, 0) is 0 Å². The van der Waals surface area contributed by atoms with Crippen LogP contribution in [-0.4, -0.2) is 30.6 Å². The van der Waals surface area contributed by atoms with Crippen LogP contribution >= 0.6 is 0 Å². The van der Waals surface area contributed by atoms with Crippen LogP contribution in [0.3, 0.4) is 0 Å². The van der Waals surface area contributed by atoms with E-state index in [0.717, 1.165) is 45.6 Å². The summed E-state index contributed by atoms with van der Waals surface area (Å²) < 4.78 is 1.95. The molecule has 0 saturated heterocycles.